The quantitative estimate of drug-likeness (QED) is 0.792. The highest BCUT2D eigenvalue weighted by molar-refractivity contribution is 5.39. The summed E-state index contributed by atoms with van der Waals surface area (Å²) in [6.07, 6.45) is 9.48. The molecule has 1 aromatic heterocycles. The van der Waals surface area contributed by atoms with Crippen LogP contribution in [-0.2, 0) is 11.3 Å². The number of nitrogens with zero attached hydrogens (tertiary/aromatic N) is 2. The minimum absolute atomic E-state index is 0.542. The van der Waals surface area contributed by atoms with Gasteiger partial charge in [0.15, 0.2) is 0 Å². The summed E-state index contributed by atoms with van der Waals surface area (Å²) in [6.45, 7) is 3.78. The molecule has 1 atom stereocenters. The Morgan fingerprint density at radius 3 is 3.06 bits per heavy atom. The van der Waals surface area contributed by atoms with Crippen molar-refractivity contribution in [2.24, 2.45) is 5.92 Å². The standard InChI is InChI=1S/C13H23N3O/c1-11(8-12-4-3-5-12)15-13-9-14-16(10-13)6-7-17-2/h9-12,15H,3-8H2,1-2H3. The second-order valence-electron chi connectivity index (χ2n) is 5.06. The average Bonchev–Trinajstić information content (AvgIpc) is 2.68. The minimum Gasteiger partial charge on any atom is -0.383 e. The van der Waals surface area contributed by atoms with Crippen molar-refractivity contribution >= 4 is 5.69 Å². The molecule has 1 N–H and O–H groups in total. The molecule has 17 heavy (non-hydrogen) atoms. The van der Waals surface area contributed by atoms with Crippen LogP contribution < -0.4 is 5.32 Å². The van der Waals surface area contributed by atoms with E-state index in [1.165, 1.54) is 25.7 Å². The molecule has 0 saturated heterocycles. The topological polar surface area (TPSA) is 39.1 Å². The van der Waals surface area contributed by atoms with Crippen LogP contribution >= 0.6 is 0 Å². The van der Waals surface area contributed by atoms with Crippen LogP contribution in [0.1, 0.15) is 32.6 Å². The lowest BCUT2D eigenvalue weighted by atomic mass is 9.81. The number of nitrogens with one attached hydrogen (secondary N) is 1. The summed E-state index contributed by atoms with van der Waals surface area (Å²) in [5.41, 5.74) is 1.12. The Hall–Kier alpha value is -1.03. The average molecular weight is 237 g/mol. The van der Waals surface area contributed by atoms with Crippen LogP contribution in [0.3, 0.4) is 0 Å². The highest BCUT2D eigenvalue weighted by atomic mass is 16.5. The van der Waals surface area contributed by atoms with Gasteiger partial charge >= 0.3 is 0 Å². The monoisotopic (exact) mass is 237 g/mol. The Bertz CT molecular complexity index is 333. The van der Waals surface area contributed by atoms with Gasteiger partial charge in [0.1, 0.15) is 0 Å². The third kappa shape index (κ3) is 3.73. The molecule has 1 heterocycles. The molecule has 2 rings (SSSR count). The van der Waals surface area contributed by atoms with Gasteiger partial charge in [-0.25, -0.2) is 0 Å². The zero-order valence-corrected chi connectivity index (χ0v) is 10.9. The fourth-order valence-electron chi connectivity index (χ4n) is 2.32. The van der Waals surface area contributed by atoms with Gasteiger partial charge < -0.3 is 10.1 Å². The van der Waals surface area contributed by atoms with E-state index in [4.69, 9.17) is 4.74 Å². The van der Waals surface area contributed by atoms with Gasteiger partial charge in [-0.05, 0) is 19.3 Å². The molecule has 1 saturated carbocycles. The van der Waals surface area contributed by atoms with Crippen LogP contribution in [0.5, 0.6) is 0 Å². The largest absolute Gasteiger partial charge is 0.383 e. The molecule has 0 bridgehead atoms. The third-order valence-electron chi connectivity index (χ3n) is 3.48. The van der Waals surface area contributed by atoms with Crippen molar-refractivity contribution in [1.82, 2.24) is 9.78 Å². The number of hydrogen-bond acceptors (Lipinski definition) is 3. The van der Waals surface area contributed by atoms with Crippen LogP contribution in [0.4, 0.5) is 5.69 Å². The lowest BCUT2D eigenvalue weighted by Crippen LogP contribution is -2.23. The Kier molecular flexibility index (Phi) is 4.42. The second kappa shape index (κ2) is 6.05. The van der Waals surface area contributed by atoms with Gasteiger partial charge in [-0.3, -0.25) is 4.68 Å². The molecule has 96 valence electrons. The van der Waals surface area contributed by atoms with Crippen molar-refractivity contribution < 1.29 is 4.74 Å². The summed E-state index contributed by atoms with van der Waals surface area (Å²) in [7, 11) is 1.71. The number of anilines is 1. The maximum absolute atomic E-state index is 5.03. The van der Waals surface area contributed by atoms with E-state index in [9.17, 15) is 0 Å². The predicted molar refractivity (Wildman–Crippen MR) is 69.1 cm³/mol. The number of aromatic nitrogens is 2. The van der Waals surface area contributed by atoms with Gasteiger partial charge in [0.25, 0.3) is 0 Å². The summed E-state index contributed by atoms with van der Waals surface area (Å²) >= 11 is 0. The van der Waals surface area contributed by atoms with Crippen LogP contribution in [-0.4, -0.2) is 29.5 Å². The molecule has 1 aromatic rings. The molecule has 1 unspecified atom stereocenters. The van der Waals surface area contributed by atoms with E-state index < -0.39 is 0 Å². The highest BCUT2D eigenvalue weighted by Crippen LogP contribution is 2.30. The molecule has 0 aromatic carbocycles. The molecule has 1 aliphatic carbocycles. The first-order valence-electron chi connectivity index (χ1n) is 6.56. The fraction of sp³-hybridized carbons (Fsp3) is 0.769. The van der Waals surface area contributed by atoms with Crippen LogP contribution in [0, 0.1) is 5.92 Å². The SMILES string of the molecule is COCCn1cc(NC(C)CC2CCC2)cn1. The predicted octanol–water partition coefficient (Wildman–Crippen LogP) is 2.52. The first kappa shape index (κ1) is 12.4. The Balaban J connectivity index is 1.74. The number of methoxy groups -OCH3 is 1. The molecule has 4 nitrogen and oxygen atoms in total. The maximum atomic E-state index is 5.03. The van der Waals surface area contributed by atoms with Crippen molar-refractivity contribution in [3.63, 3.8) is 0 Å². The van der Waals surface area contributed by atoms with E-state index in [2.05, 4.69) is 23.5 Å². The van der Waals surface area contributed by atoms with E-state index in [1.807, 2.05) is 10.9 Å². The van der Waals surface area contributed by atoms with Crippen molar-refractivity contribution in [3.05, 3.63) is 12.4 Å². The van der Waals surface area contributed by atoms with Crippen LogP contribution in [0.2, 0.25) is 0 Å². The van der Waals surface area contributed by atoms with Crippen LogP contribution in [0.15, 0.2) is 12.4 Å². The molecular formula is C13H23N3O. The fourth-order valence-corrected chi connectivity index (χ4v) is 2.32. The maximum Gasteiger partial charge on any atom is 0.0728 e. The van der Waals surface area contributed by atoms with Crippen LogP contribution in [0.25, 0.3) is 0 Å². The first-order valence-corrected chi connectivity index (χ1v) is 6.56. The molecule has 1 fully saturated rings. The smallest absolute Gasteiger partial charge is 0.0728 e. The van der Waals surface area contributed by atoms with Crippen molar-refractivity contribution in [1.29, 1.82) is 0 Å². The van der Waals surface area contributed by atoms with E-state index >= 15 is 0 Å². The normalized spacial score (nSPS) is 17.8. The van der Waals surface area contributed by atoms with Gasteiger partial charge in [-0.1, -0.05) is 19.3 Å². The molecule has 0 spiro atoms. The van der Waals surface area contributed by atoms with Gasteiger partial charge in [0.05, 0.1) is 25.0 Å². The number of rotatable bonds is 7. The summed E-state index contributed by atoms with van der Waals surface area (Å²) < 4.78 is 6.95. The highest BCUT2D eigenvalue weighted by Gasteiger charge is 2.19. The summed E-state index contributed by atoms with van der Waals surface area (Å²) in [5.74, 6) is 0.945. The third-order valence-corrected chi connectivity index (χ3v) is 3.48. The van der Waals surface area contributed by atoms with Gasteiger partial charge in [0, 0.05) is 19.3 Å². The first-order chi connectivity index (χ1) is 8.28. The Morgan fingerprint density at radius 1 is 1.59 bits per heavy atom. The second-order valence-corrected chi connectivity index (χ2v) is 5.06. The summed E-state index contributed by atoms with van der Waals surface area (Å²) in [6, 6.07) is 0.542. The molecule has 0 amide bonds. The van der Waals surface area contributed by atoms with E-state index in [-0.39, 0.29) is 0 Å². The van der Waals surface area contributed by atoms with Crippen molar-refractivity contribution in [2.45, 2.75) is 45.2 Å². The molecule has 0 aliphatic heterocycles. The zero-order chi connectivity index (χ0) is 12.1. The summed E-state index contributed by atoms with van der Waals surface area (Å²) in [5, 5.41) is 7.81. The van der Waals surface area contributed by atoms with Crippen molar-refractivity contribution in [3.8, 4) is 0 Å². The lowest BCUT2D eigenvalue weighted by molar-refractivity contribution is 0.183. The van der Waals surface area contributed by atoms with E-state index in [1.54, 1.807) is 7.11 Å². The molecule has 0 radical (unpaired) electrons. The van der Waals surface area contributed by atoms with Crippen molar-refractivity contribution in [2.75, 3.05) is 19.0 Å². The van der Waals surface area contributed by atoms with E-state index in [0.29, 0.717) is 12.6 Å². The summed E-state index contributed by atoms with van der Waals surface area (Å²) in [4.78, 5) is 0. The van der Waals surface area contributed by atoms with Gasteiger partial charge in [-0.2, -0.15) is 5.10 Å². The molecular weight excluding hydrogens is 214 g/mol. The molecule has 4 heteroatoms. The molecule has 1 aliphatic rings. The number of ether oxygens (including phenoxy) is 1. The lowest BCUT2D eigenvalue weighted by Gasteiger charge is -2.28. The van der Waals surface area contributed by atoms with Gasteiger partial charge in [-0.15, -0.1) is 0 Å². The zero-order valence-electron chi connectivity index (χ0n) is 10.9. The van der Waals surface area contributed by atoms with E-state index in [0.717, 1.165) is 18.2 Å². The Morgan fingerprint density at radius 2 is 2.41 bits per heavy atom. The van der Waals surface area contributed by atoms with Gasteiger partial charge in [0.2, 0.25) is 0 Å². The minimum atomic E-state index is 0.542. The Labute approximate surface area is 103 Å². The number of hydrogen-bond donors (Lipinski definition) is 1.